The number of alkyl halides is 1. The molecule has 190 valence electrons. The molecule has 11 heteroatoms. The number of nitrogens with zero attached hydrogens (tertiary/aromatic N) is 3. The number of rotatable bonds is 8. The summed E-state index contributed by atoms with van der Waals surface area (Å²) in [5.74, 6) is -0.0141. The Balaban J connectivity index is 1.51. The van der Waals surface area contributed by atoms with Gasteiger partial charge in [0, 0.05) is 12.7 Å². The van der Waals surface area contributed by atoms with Gasteiger partial charge >= 0.3 is 5.97 Å². The van der Waals surface area contributed by atoms with Gasteiger partial charge in [-0.25, -0.2) is 14.2 Å². The number of carbonyl (C=O) groups is 1. The van der Waals surface area contributed by atoms with E-state index in [0.29, 0.717) is 30.9 Å². The molecule has 1 fully saturated rings. The number of nitrogens with one attached hydrogen (secondary N) is 1. The maximum atomic E-state index is 14.8. The summed E-state index contributed by atoms with van der Waals surface area (Å²) < 4.78 is 31.7. The lowest BCUT2D eigenvalue weighted by molar-refractivity contribution is -0.0234. The zero-order chi connectivity index (χ0) is 25.7. The average molecular weight is 517 g/mol. The molecule has 1 N–H and O–H groups in total. The summed E-state index contributed by atoms with van der Waals surface area (Å²) >= 11 is 6.26. The van der Waals surface area contributed by atoms with Crippen LogP contribution in [0.25, 0.3) is 5.69 Å². The van der Waals surface area contributed by atoms with Gasteiger partial charge in [0.25, 0.3) is 5.56 Å². The first kappa shape index (κ1) is 25.6. The third-order valence-corrected chi connectivity index (χ3v) is 6.19. The molecule has 0 radical (unpaired) electrons. The Kier molecular flexibility index (Phi) is 7.85. The Labute approximate surface area is 212 Å². The van der Waals surface area contributed by atoms with Crippen molar-refractivity contribution in [3.63, 3.8) is 0 Å². The molecular formula is C25H26ClFN4O5. The Morgan fingerprint density at radius 1 is 1.31 bits per heavy atom. The van der Waals surface area contributed by atoms with E-state index < -0.39 is 17.2 Å². The molecule has 1 saturated heterocycles. The fraction of sp³-hybridized carbons (Fsp3) is 0.360. The number of methoxy groups -OCH3 is 1. The molecule has 4 rings (SSSR count). The van der Waals surface area contributed by atoms with Gasteiger partial charge in [0.15, 0.2) is 5.67 Å². The fourth-order valence-corrected chi connectivity index (χ4v) is 3.97. The van der Waals surface area contributed by atoms with Crippen LogP contribution in [0.4, 0.5) is 10.1 Å². The molecule has 1 aliphatic rings. The Hall–Kier alpha value is -3.50. The highest BCUT2D eigenvalue weighted by Gasteiger charge is 2.32. The van der Waals surface area contributed by atoms with Gasteiger partial charge in [0.1, 0.15) is 16.3 Å². The lowest BCUT2D eigenvalue weighted by Gasteiger charge is -2.29. The van der Waals surface area contributed by atoms with Crippen LogP contribution in [0.5, 0.6) is 11.6 Å². The van der Waals surface area contributed by atoms with Gasteiger partial charge in [0.2, 0.25) is 5.88 Å². The van der Waals surface area contributed by atoms with Gasteiger partial charge < -0.3 is 19.5 Å². The average Bonchev–Trinajstić information content (AvgIpc) is 2.90. The molecule has 0 saturated carbocycles. The minimum absolute atomic E-state index is 0.00787. The first-order valence-corrected chi connectivity index (χ1v) is 11.9. The largest absolute Gasteiger partial charge is 0.465 e. The predicted molar refractivity (Wildman–Crippen MR) is 132 cm³/mol. The molecule has 0 spiro atoms. The van der Waals surface area contributed by atoms with Gasteiger partial charge in [-0.2, -0.15) is 9.78 Å². The van der Waals surface area contributed by atoms with E-state index in [4.69, 9.17) is 25.8 Å². The molecule has 1 aliphatic heterocycles. The summed E-state index contributed by atoms with van der Waals surface area (Å²) in [7, 11) is 1.30. The van der Waals surface area contributed by atoms with Crippen molar-refractivity contribution in [1.82, 2.24) is 14.8 Å². The molecule has 1 aromatic carbocycles. The number of hydrogen-bond acceptors (Lipinski definition) is 8. The summed E-state index contributed by atoms with van der Waals surface area (Å²) in [6.07, 6.45) is 4.51. The van der Waals surface area contributed by atoms with E-state index in [1.165, 1.54) is 19.5 Å². The maximum Gasteiger partial charge on any atom is 0.341 e. The zero-order valence-electron chi connectivity index (χ0n) is 19.9. The van der Waals surface area contributed by atoms with Crippen LogP contribution in [0.15, 0.2) is 47.5 Å². The topological polar surface area (TPSA) is 105 Å². The third-order valence-electron chi connectivity index (χ3n) is 5.83. The SMILES string of the molecule is CCc1ccc(C(=O)OC)c(Oc2ccc(-n3ncc(NC[C@@]4(F)CCCOC4)c(Cl)c3=O)cn2)c1. The molecule has 9 nitrogen and oxygen atoms in total. The van der Waals surface area contributed by atoms with Crippen LogP contribution in [-0.4, -0.2) is 53.3 Å². The highest BCUT2D eigenvalue weighted by atomic mass is 35.5. The van der Waals surface area contributed by atoms with E-state index in [-0.39, 0.29) is 35.3 Å². The lowest BCUT2D eigenvalue weighted by atomic mass is 9.99. The van der Waals surface area contributed by atoms with Crippen molar-refractivity contribution in [2.75, 3.05) is 32.2 Å². The first-order chi connectivity index (χ1) is 17.3. The number of halogens is 2. The fourth-order valence-electron chi connectivity index (χ4n) is 3.77. The molecule has 36 heavy (non-hydrogen) atoms. The standard InChI is InChI=1S/C25H26ClFN4O5/c1-3-16-5-7-18(24(33)34-2)20(11-16)36-21-8-6-17(12-28-21)31-23(32)22(26)19(13-30-31)29-14-25(27)9-4-10-35-15-25/h5-8,11-13,29H,3-4,9-10,14-15H2,1-2H3/t25-/m0/s1. The van der Waals surface area contributed by atoms with Gasteiger partial charge in [-0.15, -0.1) is 0 Å². The van der Waals surface area contributed by atoms with Gasteiger partial charge in [-0.1, -0.05) is 24.6 Å². The van der Waals surface area contributed by atoms with Gasteiger partial charge in [0.05, 0.1) is 44.0 Å². The lowest BCUT2D eigenvalue weighted by Crippen LogP contribution is -2.40. The Morgan fingerprint density at radius 3 is 2.81 bits per heavy atom. The van der Waals surface area contributed by atoms with Crippen LogP contribution < -0.4 is 15.6 Å². The number of hydrogen-bond donors (Lipinski definition) is 1. The number of aromatic nitrogens is 3. The van der Waals surface area contributed by atoms with Crippen molar-refractivity contribution >= 4 is 23.3 Å². The predicted octanol–water partition coefficient (Wildman–Crippen LogP) is 4.35. The second-order valence-corrected chi connectivity index (χ2v) is 8.76. The van der Waals surface area contributed by atoms with E-state index in [9.17, 15) is 14.0 Å². The van der Waals surface area contributed by atoms with Crippen LogP contribution in [-0.2, 0) is 15.9 Å². The molecule has 2 aromatic heterocycles. The van der Waals surface area contributed by atoms with E-state index in [0.717, 1.165) is 16.7 Å². The number of benzene rings is 1. The quantitative estimate of drug-likeness (QED) is 0.440. The number of carbonyl (C=O) groups excluding carboxylic acids is 1. The first-order valence-electron chi connectivity index (χ1n) is 11.5. The van der Waals surface area contributed by atoms with Crippen molar-refractivity contribution in [1.29, 1.82) is 0 Å². The molecule has 0 unspecified atom stereocenters. The van der Waals surface area contributed by atoms with Crippen LogP contribution >= 0.6 is 11.6 Å². The second-order valence-electron chi connectivity index (χ2n) is 8.38. The maximum absolute atomic E-state index is 14.8. The summed E-state index contributed by atoms with van der Waals surface area (Å²) in [4.78, 5) is 29.2. The molecule has 0 bridgehead atoms. The molecule has 0 aliphatic carbocycles. The van der Waals surface area contributed by atoms with E-state index in [1.807, 2.05) is 13.0 Å². The van der Waals surface area contributed by atoms with Crippen LogP contribution in [0.3, 0.4) is 0 Å². The van der Waals surface area contributed by atoms with Crippen LogP contribution in [0.2, 0.25) is 5.02 Å². The molecule has 0 amide bonds. The highest BCUT2D eigenvalue weighted by Crippen LogP contribution is 2.28. The minimum Gasteiger partial charge on any atom is -0.465 e. The minimum atomic E-state index is -1.53. The van der Waals surface area contributed by atoms with Gasteiger partial charge in [-0.05, 0) is 43.0 Å². The molecule has 1 atom stereocenters. The smallest absolute Gasteiger partial charge is 0.341 e. The number of esters is 1. The number of aryl methyl sites for hydroxylation is 1. The zero-order valence-corrected chi connectivity index (χ0v) is 20.7. The third kappa shape index (κ3) is 5.66. The second kappa shape index (κ2) is 11.0. The van der Waals surface area contributed by atoms with Crippen LogP contribution in [0, 0.1) is 0 Å². The monoisotopic (exact) mass is 516 g/mol. The van der Waals surface area contributed by atoms with E-state index in [2.05, 4.69) is 15.4 Å². The van der Waals surface area contributed by atoms with E-state index in [1.54, 1.807) is 24.3 Å². The number of ether oxygens (including phenoxy) is 3. The normalized spacial score (nSPS) is 17.4. The summed E-state index contributed by atoms with van der Waals surface area (Å²) in [5, 5.41) is 6.89. The van der Waals surface area contributed by atoms with Crippen molar-refractivity contribution in [2.24, 2.45) is 0 Å². The van der Waals surface area contributed by atoms with Crippen LogP contribution in [0.1, 0.15) is 35.7 Å². The molecule has 3 aromatic rings. The molecule has 3 heterocycles. The summed E-state index contributed by atoms with van der Waals surface area (Å²) in [5.41, 5.74) is -0.293. The van der Waals surface area contributed by atoms with Crippen molar-refractivity contribution in [3.8, 4) is 17.3 Å². The highest BCUT2D eigenvalue weighted by molar-refractivity contribution is 6.32. The Morgan fingerprint density at radius 2 is 2.14 bits per heavy atom. The van der Waals surface area contributed by atoms with Crippen molar-refractivity contribution < 1.29 is 23.4 Å². The van der Waals surface area contributed by atoms with Gasteiger partial charge in [-0.3, -0.25) is 4.79 Å². The Bertz CT molecular complexity index is 1290. The van der Waals surface area contributed by atoms with E-state index >= 15 is 0 Å². The van der Waals surface area contributed by atoms with Crippen molar-refractivity contribution in [3.05, 3.63) is 69.2 Å². The summed E-state index contributed by atoms with van der Waals surface area (Å²) in [6, 6.07) is 8.34. The molecular weight excluding hydrogens is 491 g/mol. The van der Waals surface area contributed by atoms with Crippen molar-refractivity contribution in [2.45, 2.75) is 31.9 Å². The number of anilines is 1. The number of pyridine rings is 1. The summed E-state index contributed by atoms with van der Waals surface area (Å²) in [6.45, 7) is 2.48.